The molecule has 170 valence electrons. The Hall–Kier alpha value is -3.79. The van der Waals surface area contributed by atoms with Crippen LogP contribution >= 0.6 is 0 Å². The topological polar surface area (TPSA) is 105 Å². The summed E-state index contributed by atoms with van der Waals surface area (Å²) in [5.41, 5.74) is 4.72. The number of ether oxygens (including phenoxy) is 1. The van der Waals surface area contributed by atoms with Gasteiger partial charge in [-0.2, -0.15) is 0 Å². The molecule has 0 radical (unpaired) electrons. The number of fused-ring (bicyclic) bond motifs is 3. The molecule has 0 bridgehead atoms. The van der Waals surface area contributed by atoms with Crippen molar-refractivity contribution in [2.45, 2.75) is 37.6 Å². The first-order valence-corrected chi connectivity index (χ1v) is 11.1. The molecule has 33 heavy (non-hydrogen) atoms. The lowest BCUT2D eigenvalue weighted by Crippen LogP contribution is -2.41. The first-order chi connectivity index (χ1) is 16.0. The largest absolute Gasteiger partial charge is 0.472 e. The molecule has 7 nitrogen and oxygen atoms in total. The molecule has 3 N–H and O–H groups in total. The molecule has 7 heteroatoms. The summed E-state index contributed by atoms with van der Waals surface area (Å²) < 4.78 is 5.61. The van der Waals surface area contributed by atoms with Crippen LogP contribution < -0.4 is 10.6 Å². The van der Waals surface area contributed by atoms with Gasteiger partial charge in [0.1, 0.15) is 6.61 Å². The zero-order chi connectivity index (χ0) is 23.2. The second-order valence-electron chi connectivity index (χ2n) is 8.34. The fraction of sp³-hybridized carbons (Fsp3) is 0.346. The third-order valence-electron chi connectivity index (χ3n) is 6.31. The summed E-state index contributed by atoms with van der Waals surface area (Å²) in [4.78, 5) is 35.0. The molecule has 1 fully saturated rings. The van der Waals surface area contributed by atoms with Crippen molar-refractivity contribution < 1.29 is 24.2 Å². The van der Waals surface area contributed by atoms with Crippen LogP contribution in [-0.2, 0) is 14.3 Å². The standard InChI is InChI=1S/C26H26N2O5/c29-24(30)10-5-15-27-25(31)17-11-13-18(14-12-17)28-26(32)33-16-23-21-8-3-1-6-19(21)20-7-2-4-9-22(20)23/h1-4,6-9,17-18,23H,11-16H2,(H,27,31)(H,28,32)(H,29,30). The van der Waals surface area contributed by atoms with Crippen molar-refractivity contribution in [2.24, 2.45) is 5.92 Å². The van der Waals surface area contributed by atoms with Gasteiger partial charge in [-0.1, -0.05) is 54.5 Å². The second-order valence-corrected chi connectivity index (χ2v) is 8.34. The quantitative estimate of drug-likeness (QED) is 0.612. The Balaban J connectivity index is 1.24. The molecule has 4 rings (SSSR count). The third-order valence-corrected chi connectivity index (χ3v) is 6.31. The molecule has 2 aliphatic rings. The molecule has 0 aromatic heterocycles. The number of carbonyl (C=O) groups is 3. The molecule has 2 aromatic carbocycles. The van der Waals surface area contributed by atoms with E-state index in [0.29, 0.717) is 25.7 Å². The molecular weight excluding hydrogens is 420 g/mol. The van der Waals surface area contributed by atoms with Crippen LogP contribution in [0, 0.1) is 17.8 Å². The van der Waals surface area contributed by atoms with E-state index in [4.69, 9.17) is 9.84 Å². The lowest BCUT2D eigenvalue weighted by molar-refractivity contribution is -0.130. The van der Waals surface area contributed by atoms with Crippen LogP contribution in [0.1, 0.15) is 42.7 Å². The minimum absolute atomic E-state index is 0.0169. The summed E-state index contributed by atoms with van der Waals surface area (Å²) in [5, 5.41) is 14.1. The summed E-state index contributed by atoms with van der Waals surface area (Å²) in [6, 6.07) is 16.4. The zero-order valence-corrected chi connectivity index (χ0v) is 18.2. The van der Waals surface area contributed by atoms with Gasteiger partial charge in [0.05, 0.1) is 6.54 Å². The third kappa shape index (κ3) is 5.35. The maximum absolute atomic E-state index is 12.5. The first kappa shape index (κ1) is 22.4. The number of alkyl carbamates (subject to hydrolysis) is 1. The molecule has 2 aliphatic carbocycles. The molecule has 2 aromatic rings. The van der Waals surface area contributed by atoms with E-state index in [0.717, 1.165) is 0 Å². The number of hydrogen-bond acceptors (Lipinski definition) is 4. The van der Waals surface area contributed by atoms with Gasteiger partial charge in [-0.05, 0) is 47.9 Å². The minimum Gasteiger partial charge on any atom is -0.472 e. The lowest BCUT2D eigenvalue weighted by Gasteiger charge is -2.28. The van der Waals surface area contributed by atoms with Gasteiger partial charge in [0, 0.05) is 23.8 Å². The minimum atomic E-state index is -1.22. The van der Waals surface area contributed by atoms with Crippen LogP contribution in [0.25, 0.3) is 11.1 Å². The van der Waals surface area contributed by atoms with Crippen molar-refractivity contribution in [1.29, 1.82) is 0 Å². The van der Waals surface area contributed by atoms with Crippen molar-refractivity contribution in [3.05, 3.63) is 59.7 Å². The number of carboxylic acid groups (broad SMARTS) is 1. The van der Waals surface area contributed by atoms with Gasteiger partial charge >= 0.3 is 12.1 Å². The monoisotopic (exact) mass is 446 g/mol. The smallest absolute Gasteiger partial charge is 0.407 e. The lowest BCUT2D eigenvalue weighted by atomic mass is 9.85. The van der Waals surface area contributed by atoms with Gasteiger partial charge in [-0.25, -0.2) is 9.59 Å². The number of benzene rings is 2. The average Bonchev–Trinajstić information content (AvgIpc) is 3.14. The fourth-order valence-electron chi connectivity index (χ4n) is 4.70. The van der Waals surface area contributed by atoms with Crippen molar-refractivity contribution in [3.8, 4) is 23.0 Å². The zero-order valence-electron chi connectivity index (χ0n) is 18.2. The van der Waals surface area contributed by atoms with E-state index in [1.165, 1.54) is 22.3 Å². The van der Waals surface area contributed by atoms with E-state index in [1.807, 2.05) is 30.2 Å². The number of carboxylic acids is 1. The highest BCUT2D eigenvalue weighted by Gasteiger charge is 2.30. The molecule has 0 unspecified atom stereocenters. The summed E-state index contributed by atoms with van der Waals surface area (Å²) >= 11 is 0. The average molecular weight is 447 g/mol. The highest BCUT2D eigenvalue weighted by atomic mass is 16.5. The molecule has 2 amide bonds. The van der Waals surface area contributed by atoms with Gasteiger partial charge < -0.3 is 20.5 Å². The van der Waals surface area contributed by atoms with Gasteiger partial charge in [0.2, 0.25) is 5.91 Å². The molecular formula is C26H26N2O5. The molecule has 0 spiro atoms. The molecule has 0 atom stereocenters. The number of rotatable bonds is 5. The Morgan fingerprint density at radius 1 is 0.939 bits per heavy atom. The van der Waals surface area contributed by atoms with Crippen LogP contribution in [0.15, 0.2) is 48.5 Å². The van der Waals surface area contributed by atoms with E-state index >= 15 is 0 Å². The van der Waals surface area contributed by atoms with Crippen molar-refractivity contribution in [3.63, 3.8) is 0 Å². The molecule has 0 saturated heterocycles. The van der Waals surface area contributed by atoms with E-state index in [9.17, 15) is 14.4 Å². The number of amides is 2. The number of nitrogens with one attached hydrogen (secondary N) is 2. The number of carbonyl (C=O) groups excluding carboxylic acids is 2. The summed E-state index contributed by atoms with van der Waals surface area (Å²) in [6.45, 7) is 0.290. The fourth-order valence-corrected chi connectivity index (χ4v) is 4.70. The summed E-state index contributed by atoms with van der Waals surface area (Å²) in [7, 11) is 0. The Bertz CT molecular complexity index is 1060. The summed E-state index contributed by atoms with van der Waals surface area (Å²) in [5.74, 6) is 2.87. The molecule has 0 heterocycles. The maximum atomic E-state index is 12.5. The van der Waals surface area contributed by atoms with E-state index in [-0.39, 0.29) is 36.9 Å². The predicted molar refractivity (Wildman–Crippen MR) is 122 cm³/mol. The van der Waals surface area contributed by atoms with Gasteiger partial charge in [-0.15, -0.1) is 0 Å². The predicted octanol–water partition coefficient (Wildman–Crippen LogP) is 3.29. The maximum Gasteiger partial charge on any atom is 0.407 e. The van der Waals surface area contributed by atoms with Crippen molar-refractivity contribution in [1.82, 2.24) is 10.6 Å². The van der Waals surface area contributed by atoms with Gasteiger partial charge in [0.15, 0.2) is 0 Å². The Labute approximate surface area is 192 Å². The van der Waals surface area contributed by atoms with Crippen molar-refractivity contribution >= 4 is 18.0 Å². The van der Waals surface area contributed by atoms with Crippen LogP contribution in [0.3, 0.4) is 0 Å². The second kappa shape index (κ2) is 10.2. The highest BCUT2D eigenvalue weighted by molar-refractivity contribution is 5.86. The Morgan fingerprint density at radius 2 is 1.55 bits per heavy atom. The van der Waals surface area contributed by atoms with Crippen LogP contribution in [0.5, 0.6) is 0 Å². The Kier molecular flexibility index (Phi) is 6.94. The van der Waals surface area contributed by atoms with Crippen LogP contribution in [0.4, 0.5) is 4.79 Å². The van der Waals surface area contributed by atoms with E-state index < -0.39 is 12.1 Å². The number of aliphatic carboxylic acids is 1. The SMILES string of the molecule is O=C(O)C#CCNC(=O)C1CCC(NC(=O)OCC2c3ccccc3-c3ccccc32)CC1. The Morgan fingerprint density at radius 3 is 2.15 bits per heavy atom. The molecule has 0 aliphatic heterocycles. The van der Waals surface area contributed by atoms with E-state index in [2.05, 4.69) is 40.8 Å². The number of hydrogen-bond donors (Lipinski definition) is 3. The van der Waals surface area contributed by atoms with E-state index in [1.54, 1.807) is 0 Å². The summed E-state index contributed by atoms with van der Waals surface area (Å²) in [6.07, 6.45) is 2.22. The first-order valence-electron chi connectivity index (χ1n) is 11.1. The molecule has 1 saturated carbocycles. The van der Waals surface area contributed by atoms with Gasteiger partial charge in [0.25, 0.3) is 0 Å². The van der Waals surface area contributed by atoms with Gasteiger partial charge in [-0.3, -0.25) is 4.79 Å². The normalized spacial score (nSPS) is 18.8. The van der Waals surface area contributed by atoms with Crippen LogP contribution in [-0.4, -0.2) is 42.3 Å². The van der Waals surface area contributed by atoms with Crippen molar-refractivity contribution in [2.75, 3.05) is 13.2 Å². The highest BCUT2D eigenvalue weighted by Crippen LogP contribution is 2.44. The van der Waals surface area contributed by atoms with Crippen LogP contribution in [0.2, 0.25) is 0 Å².